The number of esters is 1. The van der Waals surface area contributed by atoms with Crippen LogP contribution in [0.5, 0.6) is 0 Å². The van der Waals surface area contributed by atoms with Crippen LogP contribution in [0.25, 0.3) is 0 Å². The number of halogens is 2. The largest absolute Gasteiger partial charge is 0.462 e. The third kappa shape index (κ3) is 3.64. The number of benzene rings is 1. The van der Waals surface area contributed by atoms with E-state index in [4.69, 9.17) is 21.2 Å². The molecular formula is C17H21I2N5O2. The van der Waals surface area contributed by atoms with Gasteiger partial charge in [0, 0.05) is 7.14 Å². The summed E-state index contributed by atoms with van der Waals surface area (Å²) in [6.45, 7) is 2.14. The highest BCUT2D eigenvalue weighted by Crippen LogP contribution is 2.42. The molecule has 140 valence electrons. The second-order valence-corrected chi connectivity index (χ2v) is 8.65. The van der Waals surface area contributed by atoms with Crippen molar-refractivity contribution in [2.45, 2.75) is 44.7 Å². The number of ether oxygens (including phenoxy) is 1. The molecule has 1 heterocycles. The van der Waals surface area contributed by atoms with Crippen LogP contribution in [0.1, 0.15) is 49.4 Å². The predicted molar refractivity (Wildman–Crippen MR) is 119 cm³/mol. The molecule has 0 aromatic heterocycles. The number of carbonyl (C=O) groups is 1. The quantitative estimate of drug-likeness (QED) is 0.422. The number of nitrogens with two attached hydrogens (primary N) is 2. The second-order valence-electron chi connectivity index (χ2n) is 6.33. The summed E-state index contributed by atoms with van der Waals surface area (Å²) in [5, 5.41) is 0. The third-order valence-corrected chi connectivity index (χ3v) is 6.25. The van der Waals surface area contributed by atoms with E-state index in [0.717, 1.165) is 38.5 Å². The van der Waals surface area contributed by atoms with Gasteiger partial charge in [-0.1, -0.05) is 6.42 Å². The van der Waals surface area contributed by atoms with E-state index in [1.54, 1.807) is 6.92 Å². The van der Waals surface area contributed by atoms with Crippen molar-refractivity contribution in [3.63, 3.8) is 0 Å². The average molecular weight is 581 g/mol. The van der Waals surface area contributed by atoms with Gasteiger partial charge in [-0.2, -0.15) is 4.99 Å². The van der Waals surface area contributed by atoms with E-state index in [9.17, 15) is 4.79 Å². The summed E-state index contributed by atoms with van der Waals surface area (Å²) in [4.78, 5) is 23.0. The molecule has 3 rings (SSSR count). The highest BCUT2D eigenvalue weighted by molar-refractivity contribution is 14.1. The van der Waals surface area contributed by atoms with Crippen molar-refractivity contribution >= 4 is 68.8 Å². The summed E-state index contributed by atoms with van der Waals surface area (Å²) < 4.78 is 6.92. The van der Waals surface area contributed by atoms with Crippen LogP contribution < -0.4 is 16.4 Å². The lowest BCUT2D eigenvalue weighted by Gasteiger charge is -2.46. The van der Waals surface area contributed by atoms with Crippen LogP contribution in [0.15, 0.2) is 22.1 Å². The van der Waals surface area contributed by atoms with Gasteiger partial charge in [0.15, 0.2) is 0 Å². The maximum absolute atomic E-state index is 12.1. The molecule has 7 nitrogen and oxygen atoms in total. The molecule has 1 aliphatic heterocycles. The van der Waals surface area contributed by atoms with Crippen molar-refractivity contribution in [3.05, 3.63) is 24.8 Å². The molecule has 9 heteroatoms. The summed E-state index contributed by atoms with van der Waals surface area (Å²) in [7, 11) is 0. The van der Waals surface area contributed by atoms with Crippen LogP contribution in [0.4, 0.5) is 5.69 Å². The lowest BCUT2D eigenvalue weighted by molar-refractivity contribution is 0.0526. The standard InChI is InChI=1S/C17H21I2N5O2/c1-2-26-14(25)10-8-11(18)13(12(19)9-10)24-16(21)22-15(20)23-17(24)6-4-3-5-7-17/h8-9H,2-7H2,1H3,(H4,20,21,22,23). The molecule has 0 amide bonds. The molecule has 0 saturated heterocycles. The molecule has 4 N–H and O–H groups in total. The minimum absolute atomic E-state index is 0.230. The first-order valence-corrected chi connectivity index (χ1v) is 10.7. The van der Waals surface area contributed by atoms with Gasteiger partial charge in [-0.15, -0.1) is 0 Å². The van der Waals surface area contributed by atoms with E-state index in [1.165, 1.54) is 6.42 Å². The second kappa shape index (κ2) is 7.87. The Morgan fingerprint density at radius 3 is 2.42 bits per heavy atom. The van der Waals surface area contributed by atoms with Gasteiger partial charge in [-0.05, 0) is 89.9 Å². The lowest BCUT2D eigenvalue weighted by Crippen LogP contribution is -2.58. The van der Waals surface area contributed by atoms with Crippen molar-refractivity contribution in [2.24, 2.45) is 21.5 Å². The molecule has 1 aromatic rings. The van der Waals surface area contributed by atoms with Crippen LogP contribution in [0, 0.1) is 7.14 Å². The third-order valence-electron chi connectivity index (χ3n) is 4.60. The van der Waals surface area contributed by atoms with Gasteiger partial charge in [0.2, 0.25) is 11.9 Å². The van der Waals surface area contributed by atoms with Crippen molar-refractivity contribution in [3.8, 4) is 0 Å². The highest BCUT2D eigenvalue weighted by Gasteiger charge is 2.44. The summed E-state index contributed by atoms with van der Waals surface area (Å²) in [6.07, 6.45) is 5.05. The molecule has 2 aliphatic rings. The maximum Gasteiger partial charge on any atom is 0.338 e. The van der Waals surface area contributed by atoms with Crippen LogP contribution in [-0.4, -0.2) is 30.2 Å². The first-order valence-electron chi connectivity index (χ1n) is 8.54. The van der Waals surface area contributed by atoms with Crippen molar-refractivity contribution in [1.82, 2.24) is 0 Å². The Labute approximate surface area is 179 Å². The van der Waals surface area contributed by atoms with E-state index < -0.39 is 5.66 Å². The minimum Gasteiger partial charge on any atom is -0.462 e. The van der Waals surface area contributed by atoms with E-state index in [-0.39, 0.29) is 11.9 Å². The Bertz CT molecular complexity index is 764. The normalized spacial score (nSPS) is 19.1. The number of hydrogen-bond donors (Lipinski definition) is 2. The number of rotatable bonds is 3. The topological polar surface area (TPSA) is 106 Å². The number of nitrogens with zero attached hydrogens (tertiary/aromatic N) is 3. The minimum atomic E-state index is -0.501. The molecule has 1 aliphatic carbocycles. The molecule has 0 radical (unpaired) electrons. The van der Waals surface area contributed by atoms with Gasteiger partial charge in [0.1, 0.15) is 5.66 Å². The van der Waals surface area contributed by atoms with Crippen LogP contribution >= 0.6 is 45.2 Å². The van der Waals surface area contributed by atoms with Crippen LogP contribution in [0.2, 0.25) is 0 Å². The Morgan fingerprint density at radius 2 is 1.85 bits per heavy atom. The Hall–Kier alpha value is -1.11. The van der Waals surface area contributed by atoms with Gasteiger partial charge in [0.05, 0.1) is 17.9 Å². The first-order chi connectivity index (χ1) is 12.4. The van der Waals surface area contributed by atoms with Crippen molar-refractivity contribution < 1.29 is 9.53 Å². The van der Waals surface area contributed by atoms with E-state index in [1.807, 2.05) is 17.0 Å². The summed E-state index contributed by atoms with van der Waals surface area (Å²) in [5.74, 6) is 0.248. The Kier molecular flexibility index (Phi) is 5.94. The van der Waals surface area contributed by atoms with Gasteiger partial charge in [0.25, 0.3) is 0 Å². The Balaban J connectivity index is 2.09. The monoisotopic (exact) mass is 581 g/mol. The fourth-order valence-corrected chi connectivity index (χ4v) is 5.81. The molecule has 0 bridgehead atoms. The molecule has 0 atom stereocenters. The van der Waals surface area contributed by atoms with Crippen molar-refractivity contribution in [2.75, 3.05) is 11.5 Å². The zero-order valence-electron chi connectivity index (χ0n) is 14.5. The van der Waals surface area contributed by atoms with E-state index >= 15 is 0 Å². The molecular weight excluding hydrogens is 560 g/mol. The molecule has 1 saturated carbocycles. The predicted octanol–water partition coefficient (Wildman–Crippen LogP) is 3.18. The van der Waals surface area contributed by atoms with E-state index in [2.05, 4.69) is 50.2 Å². The van der Waals surface area contributed by atoms with Gasteiger partial charge in [-0.25, -0.2) is 9.79 Å². The van der Waals surface area contributed by atoms with Crippen LogP contribution in [-0.2, 0) is 4.74 Å². The van der Waals surface area contributed by atoms with Gasteiger partial charge < -0.3 is 16.2 Å². The zero-order chi connectivity index (χ0) is 18.9. The number of aliphatic imine (C=N–C) groups is 2. The van der Waals surface area contributed by atoms with Gasteiger partial charge in [-0.3, -0.25) is 4.90 Å². The van der Waals surface area contributed by atoms with Gasteiger partial charge >= 0.3 is 5.97 Å². The van der Waals surface area contributed by atoms with Crippen LogP contribution in [0.3, 0.4) is 0 Å². The number of guanidine groups is 2. The highest BCUT2D eigenvalue weighted by atomic mass is 127. The summed E-state index contributed by atoms with van der Waals surface area (Å²) in [6, 6.07) is 3.64. The fraction of sp³-hybridized carbons (Fsp3) is 0.471. The number of anilines is 1. The summed E-state index contributed by atoms with van der Waals surface area (Å²) in [5.41, 5.74) is 13.2. The SMILES string of the molecule is CCOC(=O)c1cc(I)c(N2C(N)=NC(N)=NC23CCCCC3)c(I)c1. The fourth-order valence-electron chi connectivity index (χ4n) is 3.56. The first kappa shape index (κ1) is 19.6. The molecule has 26 heavy (non-hydrogen) atoms. The molecule has 0 unspecified atom stereocenters. The zero-order valence-corrected chi connectivity index (χ0v) is 18.8. The molecule has 1 fully saturated rings. The molecule has 1 aromatic carbocycles. The van der Waals surface area contributed by atoms with Crippen molar-refractivity contribution in [1.29, 1.82) is 0 Å². The Morgan fingerprint density at radius 1 is 1.23 bits per heavy atom. The summed E-state index contributed by atoms with van der Waals surface area (Å²) >= 11 is 4.45. The lowest BCUT2D eigenvalue weighted by atomic mass is 9.87. The average Bonchev–Trinajstić information content (AvgIpc) is 2.57. The number of hydrogen-bond acceptors (Lipinski definition) is 7. The molecule has 1 spiro atoms. The van der Waals surface area contributed by atoms with E-state index in [0.29, 0.717) is 18.1 Å². The number of carbonyl (C=O) groups excluding carboxylic acids is 1. The maximum atomic E-state index is 12.1. The smallest absolute Gasteiger partial charge is 0.338 e.